The Labute approximate surface area is 265 Å². The number of methoxy groups -OCH3 is 1. The van der Waals surface area contributed by atoms with Crippen molar-refractivity contribution in [2.24, 2.45) is 0 Å². The molecule has 244 valence electrons. The smallest absolute Gasteiger partial charge is 0.475 e. The third-order valence-electron chi connectivity index (χ3n) is 7.59. The van der Waals surface area contributed by atoms with E-state index in [4.69, 9.17) is 27.7 Å². The van der Waals surface area contributed by atoms with Crippen molar-refractivity contribution in [3.8, 4) is 33.9 Å². The lowest BCUT2D eigenvalue weighted by molar-refractivity contribution is 0.0413. The van der Waals surface area contributed by atoms with Crippen molar-refractivity contribution in [1.82, 2.24) is 9.55 Å². The molecular weight excluding hydrogens is 635 g/mol. The summed E-state index contributed by atoms with van der Waals surface area (Å²) in [5.41, 5.74) is 2.55. The van der Waals surface area contributed by atoms with E-state index in [0.717, 1.165) is 32.2 Å². The number of aromatic amines is 1. The number of aliphatic hydroxyl groups is 1. The first kappa shape index (κ1) is 31.8. The van der Waals surface area contributed by atoms with Crippen molar-refractivity contribution >= 4 is 18.8 Å². The van der Waals surface area contributed by atoms with Gasteiger partial charge in [0.25, 0.3) is 5.56 Å². The van der Waals surface area contributed by atoms with Gasteiger partial charge in [-0.3, -0.25) is 23.7 Å². The van der Waals surface area contributed by atoms with E-state index in [-0.39, 0.29) is 34.7 Å². The SMILES string of the molecule is COc1ccc(-c2c3ccc(=O)cc-3oc3cc(OCOP(=O)(O)OCC4=C(O)C[C@H](n5cc(C)c(=O)[nH]c5=O)O4)ccc23)c(C)c1. The number of H-pyrrole nitrogens is 1. The molecule has 2 aromatic carbocycles. The molecule has 3 aliphatic rings. The third-order valence-corrected chi connectivity index (χ3v) is 8.48. The number of aromatic nitrogens is 2. The van der Waals surface area contributed by atoms with Crippen molar-refractivity contribution in [1.29, 1.82) is 0 Å². The predicted molar refractivity (Wildman–Crippen MR) is 169 cm³/mol. The Balaban J connectivity index is 1.15. The average molecular weight is 665 g/mol. The lowest BCUT2D eigenvalue weighted by Crippen LogP contribution is -2.33. The van der Waals surface area contributed by atoms with Crippen molar-refractivity contribution in [3.05, 3.63) is 115 Å². The summed E-state index contributed by atoms with van der Waals surface area (Å²) >= 11 is 0. The molecule has 0 saturated heterocycles. The first-order valence-electron chi connectivity index (χ1n) is 14.2. The number of phosphoric acid groups is 1. The van der Waals surface area contributed by atoms with E-state index in [1.165, 1.54) is 25.3 Å². The zero-order valence-corrected chi connectivity index (χ0v) is 26.2. The topological polar surface area (TPSA) is 189 Å². The second-order valence-electron chi connectivity index (χ2n) is 10.7. The highest BCUT2D eigenvalue weighted by atomic mass is 31.2. The minimum Gasteiger partial charge on any atom is -0.508 e. The quantitative estimate of drug-likeness (QED) is 0.104. The van der Waals surface area contributed by atoms with Crippen molar-refractivity contribution in [3.63, 3.8) is 0 Å². The van der Waals surface area contributed by atoms with Gasteiger partial charge < -0.3 is 28.6 Å². The average Bonchev–Trinajstić information content (AvgIpc) is 3.40. The van der Waals surface area contributed by atoms with Gasteiger partial charge in [0.1, 0.15) is 35.2 Å². The van der Waals surface area contributed by atoms with Crippen molar-refractivity contribution in [2.75, 3.05) is 20.5 Å². The van der Waals surface area contributed by atoms with Gasteiger partial charge in [-0.25, -0.2) is 13.9 Å². The zero-order valence-electron chi connectivity index (χ0n) is 25.3. The maximum atomic E-state index is 12.5. The van der Waals surface area contributed by atoms with Gasteiger partial charge in [-0.15, -0.1) is 0 Å². The summed E-state index contributed by atoms with van der Waals surface area (Å²) < 4.78 is 46.1. The molecule has 0 fully saturated rings. The maximum Gasteiger partial charge on any atom is 0.475 e. The number of fused-ring (bicyclic) bond motifs is 2. The Bertz CT molecular complexity index is 2230. The lowest BCUT2D eigenvalue weighted by atomic mass is 9.91. The number of benzene rings is 3. The van der Waals surface area contributed by atoms with Crippen LogP contribution in [0.25, 0.3) is 33.4 Å². The Morgan fingerprint density at radius 2 is 1.74 bits per heavy atom. The van der Waals surface area contributed by atoms with Crippen LogP contribution in [0.5, 0.6) is 11.5 Å². The molecule has 2 atom stereocenters. The Hall–Kier alpha value is -5.14. The largest absolute Gasteiger partial charge is 0.508 e. The highest BCUT2D eigenvalue weighted by Gasteiger charge is 2.31. The first-order chi connectivity index (χ1) is 22.4. The van der Waals surface area contributed by atoms with E-state index < -0.39 is 38.7 Å². The van der Waals surface area contributed by atoms with Gasteiger partial charge in [-0.05, 0) is 61.4 Å². The maximum absolute atomic E-state index is 12.5. The predicted octanol–water partition coefficient (Wildman–Crippen LogP) is 4.90. The molecule has 1 aliphatic carbocycles. The second-order valence-corrected chi connectivity index (χ2v) is 12.2. The lowest BCUT2D eigenvalue weighted by Gasteiger charge is -2.18. The molecule has 0 radical (unpaired) electrons. The summed E-state index contributed by atoms with van der Waals surface area (Å²) in [5, 5.41) is 11.0. The molecule has 0 saturated carbocycles. The van der Waals surface area contributed by atoms with E-state index in [1.54, 1.807) is 31.4 Å². The molecule has 3 N–H and O–H groups in total. The fourth-order valence-electron chi connectivity index (χ4n) is 5.24. The number of ether oxygens (including phenoxy) is 3. The van der Waals surface area contributed by atoms with Crippen LogP contribution in [0.2, 0.25) is 0 Å². The van der Waals surface area contributed by atoms with Crippen LogP contribution >= 0.6 is 7.82 Å². The molecule has 2 aliphatic heterocycles. The van der Waals surface area contributed by atoms with Gasteiger partial charge in [0.2, 0.25) is 0 Å². The van der Waals surface area contributed by atoms with E-state index in [1.807, 2.05) is 25.1 Å². The minimum absolute atomic E-state index is 0.137. The van der Waals surface area contributed by atoms with Gasteiger partial charge in [-0.1, -0.05) is 6.07 Å². The monoisotopic (exact) mass is 664 g/mol. The van der Waals surface area contributed by atoms with E-state index in [9.17, 15) is 28.9 Å². The number of phosphoric ester groups is 1. The van der Waals surface area contributed by atoms with Crippen molar-refractivity contribution in [2.45, 2.75) is 26.5 Å². The van der Waals surface area contributed by atoms with Crippen LogP contribution < -0.4 is 26.2 Å². The van der Waals surface area contributed by atoms with E-state index in [2.05, 4.69) is 4.98 Å². The molecule has 14 nitrogen and oxygen atoms in total. The summed E-state index contributed by atoms with van der Waals surface area (Å²) in [5.74, 6) is 0.820. The van der Waals surface area contributed by atoms with Crippen LogP contribution in [-0.2, 0) is 18.3 Å². The van der Waals surface area contributed by atoms with Crippen LogP contribution in [-0.4, -0.2) is 40.1 Å². The van der Waals surface area contributed by atoms with Crippen LogP contribution in [0.4, 0.5) is 0 Å². The fraction of sp³-hybridized carbons (Fsp3) is 0.219. The number of hydrogen-bond acceptors (Lipinski definition) is 11. The van der Waals surface area contributed by atoms with Gasteiger partial charge in [0, 0.05) is 40.4 Å². The number of aryl methyl sites for hydroxylation is 2. The summed E-state index contributed by atoms with van der Waals surface area (Å²) in [6.45, 7) is 2.11. The molecule has 1 aromatic heterocycles. The Kier molecular flexibility index (Phi) is 8.51. The standard InChI is InChI=1S/C32H29N2O12P/c1-17-10-20(41-3)5-8-22(17)30-23-7-4-19(35)11-26(23)45-27-12-21(6-9-24(27)30)42-16-44-47(39,40)43-15-28-25(36)13-29(46-28)34-14-18(2)31(37)33-32(34)38/h4-12,14,29,36H,13,15-16H2,1-3H3,(H,39,40)(H,33,37,38)/t29-/m1/s1. The van der Waals surface area contributed by atoms with Crippen molar-refractivity contribution < 1.29 is 42.2 Å². The van der Waals surface area contributed by atoms with Gasteiger partial charge in [0.05, 0.1) is 13.5 Å². The first-order valence-corrected chi connectivity index (χ1v) is 15.7. The van der Waals surface area contributed by atoms with Gasteiger partial charge in [-0.2, -0.15) is 0 Å². The number of aliphatic hydroxyl groups excluding tert-OH is 1. The highest BCUT2D eigenvalue weighted by Crippen LogP contribution is 2.45. The summed E-state index contributed by atoms with van der Waals surface area (Å²) in [7, 11) is -3.11. The van der Waals surface area contributed by atoms with Crippen LogP contribution in [0.15, 0.2) is 91.1 Å². The number of nitrogens with zero attached hydrogens (tertiary/aromatic N) is 1. The van der Waals surface area contributed by atoms with E-state index >= 15 is 0 Å². The van der Waals surface area contributed by atoms with Crippen LogP contribution in [0, 0.1) is 13.8 Å². The Morgan fingerprint density at radius 3 is 2.51 bits per heavy atom. The zero-order chi connectivity index (χ0) is 33.5. The number of hydrogen-bond donors (Lipinski definition) is 3. The Morgan fingerprint density at radius 1 is 0.979 bits per heavy atom. The molecule has 6 rings (SSSR count). The molecule has 3 heterocycles. The molecule has 0 bridgehead atoms. The molecule has 1 unspecified atom stereocenters. The number of rotatable bonds is 10. The molecule has 47 heavy (non-hydrogen) atoms. The number of nitrogens with one attached hydrogen (secondary N) is 1. The normalized spacial score (nSPS) is 16.0. The van der Waals surface area contributed by atoms with Gasteiger partial charge >= 0.3 is 13.5 Å². The summed E-state index contributed by atoms with van der Waals surface area (Å²) in [6, 6.07) is 15.2. The minimum atomic E-state index is -4.71. The molecule has 3 aromatic rings. The molecule has 15 heteroatoms. The van der Waals surface area contributed by atoms with Gasteiger partial charge in [0.15, 0.2) is 24.2 Å². The molecule has 0 amide bonds. The highest BCUT2D eigenvalue weighted by molar-refractivity contribution is 7.47. The summed E-state index contributed by atoms with van der Waals surface area (Å²) in [4.78, 5) is 48.3. The van der Waals surface area contributed by atoms with Crippen LogP contribution in [0.1, 0.15) is 23.8 Å². The summed E-state index contributed by atoms with van der Waals surface area (Å²) in [6.07, 6.45) is 0.149. The fourth-order valence-corrected chi connectivity index (χ4v) is 5.78. The molecular formula is C32H29N2O12P. The van der Waals surface area contributed by atoms with Crippen LogP contribution in [0.3, 0.4) is 0 Å². The van der Waals surface area contributed by atoms with E-state index in [0.29, 0.717) is 17.1 Å². The third kappa shape index (κ3) is 6.58. The second kappa shape index (κ2) is 12.6. The molecule has 0 spiro atoms.